The van der Waals surface area contributed by atoms with Crippen molar-refractivity contribution in [2.45, 2.75) is 32.0 Å². The van der Waals surface area contributed by atoms with Gasteiger partial charge in [0.25, 0.3) is 5.56 Å². The van der Waals surface area contributed by atoms with E-state index in [0.717, 1.165) is 5.56 Å². The fourth-order valence-corrected chi connectivity index (χ4v) is 3.48. The number of aromatic nitrogens is 2. The van der Waals surface area contributed by atoms with Crippen LogP contribution in [0.5, 0.6) is 0 Å². The molecule has 0 aliphatic carbocycles. The number of fused-ring (bicyclic) bond motifs is 1. The highest BCUT2D eigenvalue weighted by Gasteiger charge is 2.13. The first kappa shape index (κ1) is 17.4. The van der Waals surface area contributed by atoms with E-state index in [-0.39, 0.29) is 11.3 Å². The maximum absolute atomic E-state index is 13.0. The summed E-state index contributed by atoms with van der Waals surface area (Å²) in [6.07, 6.45) is 0.489. The van der Waals surface area contributed by atoms with Gasteiger partial charge in [0.2, 0.25) is 0 Å². The van der Waals surface area contributed by atoms with Crippen molar-refractivity contribution in [3.8, 4) is 0 Å². The highest BCUT2D eigenvalue weighted by atomic mass is 32.2. The third-order valence-corrected chi connectivity index (χ3v) is 5.08. The Labute approximate surface area is 150 Å². The fourth-order valence-electron chi connectivity index (χ4n) is 2.52. The van der Waals surface area contributed by atoms with Gasteiger partial charge in [0.15, 0.2) is 5.16 Å². The summed E-state index contributed by atoms with van der Waals surface area (Å²) < 4.78 is 1.67. The minimum atomic E-state index is -0.0716. The van der Waals surface area contributed by atoms with E-state index < -0.39 is 0 Å². The van der Waals surface area contributed by atoms with Crippen molar-refractivity contribution in [1.29, 1.82) is 0 Å². The summed E-state index contributed by atoms with van der Waals surface area (Å²) in [5.41, 5.74) is 2.81. The summed E-state index contributed by atoms with van der Waals surface area (Å²) in [7, 11) is 0. The van der Waals surface area contributed by atoms with Crippen molar-refractivity contribution in [3.63, 3.8) is 0 Å². The standard InChI is InChI=1S/C20H20N2O2S/c1-3-16(23)13-25-20-21-18-7-5-4-6-17(18)19(24)22(20)12-15-10-8-14(2)9-11-15/h4-11H,3,12-13H2,1-2H3. The lowest BCUT2D eigenvalue weighted by Gasteiger charge is -2.13. The Balaban J connectivity index is 2.05. The number of carbonyl (C=O) groups excluding carboxylic acids is 1. The van der Waals surface area contributed by atoms with Crippen LogP contribution in [0.25, 0.3) is 10.9 Å². The summed E-state index contributed by atoms with van der Waals surface area (Å²) >= 11 is 1.33. The summed E-state index contributed by atoms with van der Waals surface area (Å²) in [5, 5.41) is 1.19. The second kappa shape index (κ2) is 7.66. The molecule has 3 rings (SSSR count). The van der Waals surface area contributed by atoms with E-state index >= 15 is 0 Å². The molecule has 4 nitrogen and oxygen atoms in total. The second-order valence-corrected chi connectivity index (χ2v) is 6.91. The number of benzene rings is 2. The molecule has 0 radical (unpaired) electrons. The molecule has 5 heteroatoms. The molecule has 0 aliphatic rings. The highest BCUT2D eigenvalue weighted by Crippen LogP contribution is 2.19. The van der Waals surface area contributed by atoms with Crippen molar-refractivity contribution in [1.82, 2.24) is 9.55 Å². The first-order chi connectivity index (χ1) is 12.1. The average molecular weight is 352 g/mol. The predicted molar refractivity (Wildman–Crippen MR) is 102 cm³/mol. The molecule has 3 aromatic rings. The molecular weight excluding hydrogens is 332 g/mol. The monoisotopic (exact) mass is 352 g/mol. The quantitative estimate of drug-likeness (QED) is 0.500. The SMILES string of the molecule is CCC(=O)CSc1nc2ccccc2c(=O)n1Cc1ccc(C)cc1. The van der Waals surface area contributed by atoms with Crippen LogP contribution in [-0.2, 0) is 11.3 Å². The number of carbonyl (C=O) groups is 1. The molecule has 0 atom stereocenters. The minimum absolute atomic E-state index is 0.0716. The smallest absolute Gasteiger partial charge is 0.262 e. The van der Waals surface area contributed by atoms with Crippen molar-refractivity contribution in [2.75, 3.05) is 5.75 Å². The Kier molecular flexibility index (Phi) is 5.34. The van der Waals surface area contributed by atoms with Gasteiger partial charge in [0.1, 0.15) is 5.78 Å². The molecule has 1 aromatic heterocycles. The third kappa shape index (κ3) is 3.99. The van der Waals surface area contributed by atoms with E-state index in [1.807, 2.05) is 56.3 Å². The molecule has 25 heavy (non-hydrogen) atoms. The van der Waals surface area contributed by atoms with Crippen LogP contribution in [0.2, 0.25) is 0 Å². The van der Waals surface area contributed by atoms with E-state index in [1.54, 1.807) is 10.6 Å². The Hall–Kier alpha value is -2.40. The van der Waals surface area contributed by atoms with Crippen LogP contribution in [0.1, 0.15) is 24.5 Å². The maximum atomic E-state index is 13.0. The summed E-state index contributed by atoms with van der Waals surface area (Å²) in [6.45, 7) is 4.32. The number of nitrogens with zero attached hydrogens (tertiary/aromatic N) is 2. The Morgan fingerprint density at radius 3 is 2.56 bits per heavy atom. The maximum Gasteiger partial charge on any atom is 0.262 e. The minimum Gasteiger partial charge on any atom is -0.299 e. The molecule has 1 heterocycles. The first-order valence-corrected chi connectivity index (χ1v) is 9.26. The molecule has 0 amide bonds. The Bertz CT molecular complexity index is 962. The van der Waals surface area contributed by atoms with Crippen LogP contribution in [0.3, 0.4) is 0 Å². The van der Waals surface area contributed by atoms with Gasteiger partial charge < -0.3 is 0 Å². The molecule has 2 aromatic carbocycles. The lowest BCUT2D eigenvalue weighted by molar-refractivity contribution is -0.116. The molecule has 0 N–H and O–H groups in total. The molecule has 0 spiro atoms. The van der Waals surface area contributed by atoms with Crippen LogP contribution >= 0.6 is 11.8 Å². The summed E-state index contributed by atoms with van der Waals surface area (Å²) in [4.78, 5) is 29.3. The van der Waals surface area contributed by atoms with Crippen LogP contribution in [0.15, 0.2) is 58.5 Å². The van der Waals surface area contributed by atoms with Gasteiger partial charge in [-0.25, -0.2) is 4.98 Å². The van der Waals surface area contributed by atoms with E-state index in [1.165, 1.54) is 17.3 Å². The number of thioether (sulfide) groups is 1. The van der Waals surface area contributed by atoms with E-state index in [2.05, 4.69) is 4.98 Å². The zero-order chi connectivity index (χ0) is 17.8. The number of aryl methyl sites for hydroxylation is 1. The van der Waals surface area contributed by atoms with Crippen molar-refractivity contribution >= 4 is 28.4 Å². The van der Waals surface area contributed by atoms with Crippen LogP contribution < -0.4 is 5.56 Å². The Morgan fingerprint density at radius 1 is 1.12 bits per heavy atom. The van der Waals surface area contributed by atoms with Crippen molar-refractivity contribution < 1.29 is 4.79 Å². The molecule has 0 bridgehead atoms. The van der Waals surface area contributed by atoms with Gasteiger partial charge in [0, 0.05) is 6.42 Å². The van der Waals surface area contributed by atoms with Gasteiger partial charge >= 0.3 is 0 Å². The van der Waals surface area contributed by atoms with Gasteiger partial charge in [-0.05, 0) is 24.6 Å². The number of Topliss-reactive ketones (excluding diaryl/α,β-unsaturated/α-hetero) is 1. The van der Waals surface area contributed by atoms with Gasteiger partial charge in [-0.3, -0.25) is 14.2 Å². The third-order valence-electron chi connectivity index (χ3n) is 4.04. The largest absolute Gasteiger partial charge is 0.299 e. The lowest BCUT2D eigenvalue weighted by atomic mass is 10.1. The van der Waals surface area contributed by atoms with Crippen LogP contribution in [0.4, 0.5) is 0 Å². The number of hydrogen-bond acceptors (Lipinski definition) is 4. The zero-order valence-corrected chi connectivity index (χ0v) is 15.2. The van der Waals surface area contributed by atoms with Gasteiger partial charge in [0.05, 0.1) is 23.2 Å². The second-order valence-electron chi connectivity index (χ2n) is 5.97. The van der Waals surface area contributed by atoms with Gasteiger partial charge in [-0.15, -0.1) is 0 Å². The Morgan fingerprint density at radius 2 is 1.84 bits per heavy atom. The number of hydrogen-bond donors (Lipinski definition) is 0. The molecule has 0 aliphatic heterocycles. The average Bonchev–Trinajstić information content (AvgIpc) is 2.64. The summed E-state index contributed by atoms with van der Waals surface area (Å²) in [5.74, 6) is 0.476. The van der Waals surface area contributed by atoms with Crippen LogP contribution in [-0.4, -0.2) is 21.1 Å². The van der Waals surface area contributed by atoms with Crippen LogP contribution in [0, 0.1) is 6.92 Å². The molecule has 128 valence electrons. The van der Waals surface area contributed by atoms with Crippen molar-refractivity contribution in [2.24, 2.45) is 0 Å². The molecular formula is C20H20N2O2S. The molecule has 0 saturated carbocycles. The number of para-hydroxylation sites is 1. The topological polar surface area (TPSA) is 52.0 Å². The van der Waals surface area contributed by atoms with Gasteiger partial charge in [-0.2, -0.15) is 0 Å². The molecule has 0 fully saturated rings. The van der Waals surface area contributed by atoms with E-state index in [4.69, 9.17) is 0 Å². The lowest BCUT2D eigenvalue weighted by Crippen LogP contribution is -2.24. The normalized spacial score (nSPS) is 11.0. The first-order valence-electron chi connectivity index (χ1n) is 8.28. The van der Waals surface area contributed by atoms with Gasteiger partial charge in [-0.1, -0.05) is 60.6 Å². The van der Waals surface area contributed by atoms with E-state index in [9.17, 15) is 9.59 Å². The predicted octanol–water partition coefficient (Wildman–Crippen LogP) is 3.82. The zero-order valence-electron chi connectivity index (χ0n) is 14.4. The number of rotatable bonds is 6. The van der Waals surface area contributed by atoms with Crippen molar-refractivity contribution in [3.05, 3.63) is 70.0 Å². The molecule has 0 saturated heterocycles. The van der Waals surface area contributed by atoms with E-state index in [0.29, 0.717) is 34.8 Å². The summed E-state index contributed by atoms with van der Waals surface area (Å²) in [6, 6.07) is 15.4. The fraction of sp³-hybridized carbons (Fsp3) is 0.250. The molecule has 0 unspecified atom stereocenters. The highest BCUT2D eigenvalue weighted by molar-refractivity contribution is 7.99. The number of ketones is 1.